The van der Waals surface area contributed by atoms with Gasteiger partial charge in [0.15, 0.2) is 5.96 Å². The van der Waals surface area contributed by atoms with Gasteiger partial charge in [0.1, 0.15) is 12.3 Å². The van der Waals surface area contributed by atoms with E-state index in [9.17, 15) is 5.11 Å². The van der Waals surface area contributed by atoms with Crippen molar-refractivity contribution in [2.24, 2.45) is 4.99 Å². The molecule has 1 atom stereocenters. The van der Waals surface area contributed by atoms with Gasteiger partial charge in [-0.05, 0) is 12.5 Å². The van der Waals surface area contributed by atoms with Crippen molar-refractivity contribution >= 4 is 29.9 Å². The topological polar surface area (TPSA) is 82.7 Å². The van der Waals surface area contributed by atoms with E-state index in [1.807, 2.05) is 37.3 Å². The van der Waals surface area contributed by atoms with E-state index in [0.29, 0.717) is 31.4 Å². The molecule has 27 heavy (non-hydrogen) atoms. The number of aliphatic imine (C=N–C) groups is 1. The molecule has 6 nitrogen and oxygen atoms in total. The zero-order chi connectivity index (χ0) is 19.0. The average molecular weight is 486 g/mol. The van der Waals surface area contributed by atoms with E-state index in [4.69, 9.17) is 4.42 Å². The van der Waals surface area contributed by atoms with Crippen LogP contribution in [0.15, 0.2) is 45.9 Å². The summed E-state index contributed by atoms with van der Waals surface area (Å²) in [4.78, 5) is 8.77. The molecule has 0 radical (unpaired) electrons. The van der Waals surface area contributed by atoms with Gasteiger partial charge in [-0.2, -0.15) is 0 Å². The second-order valence-corrected chi connectivity index (χ2v) is 7.29. The van der Waals surface area contributed by atoms with Crippen LogP contribution in [0.3, 0.4) is 0 Å². The first kappa shape index (κ1) is 23.4. The van der Waals surface area contributed by atoms with Crippen LogP contribution >= 0.6 is 24.0 Å². The molecule has 0 aliphatic rings. The van der Waals surface area contributed by atoms with Gasteiger partial charge in [0.25, 0.3) is 0 Å². The molecule has 0 saturated carbocycles. The van der Waals surface area contributed by atoms with Crippen molar-refractivity contribution in [3.8, 4) is 0 Å². The molecule has 0 spiro atoms. The van der Waals surface area contributed by atoms with Gasteiger partial charge < -0.3 is 20.2 Å². The van der Waals surface area contributed by atoms with Gasteiger partial charge in [0.2, 0.25) is 5.89 Å². The van der Waals surface area contributed by atoms with Crippen molar-refractivity contribution in [1.29, 1.82) is 0 Å². The van der Waals surface area contributed by atoms with Crippen LogP contribution in [0.25, 0.3) is 0 Å². The lowest BCUT2D eigenvalue weighted by atomic mass is 9.94. The Balaban J connectivity index is 0.00000364. The maximum Gasteiger partial charge on any atom is 0.216 e. The van der Waals surface area contributed by atoms with Gasteiger partial charge in [-0.1, -0.05) is 51.1 Å². The third-order valence-corrected chi connectivity index (χ3v) is 3.83. The molecule has 1 aromatic heterocycles. The summed E-state index contributed by atoms with van der Waals surface area (Å²) < 4.78 is 5.76. The average Bonchev–Trinajstić information content (AvgIpc) is 3.08. The van der Waals surface area contributed by atoms with E-state index in [-0.39, 0.29) is 29.4 Å². The second kappa shape index (κ2) is 11.3. The van der Waals surface area contributed by atoms with Crippen LogP contribution in [0.5, 0.6) is 0 Å². The van der Waals surface area contributed by atoms with E-state index >= 15 is 0 Å². The molecule has 1 aromatic carbocycles. The molecule has 2 rings (SSSR count). The molecule has 1 heterocycles. The predicted molar refractivity (Wildman–Crippen MR) is 120 cm³/mol. The Kier molecular flexibility index (Phi) is 9.79. The van der Waals surface area contributed by atoms with E-state index < -0.39 is 6.10 Å². The Morgan fingerprint density at radius 2 is 1.93 bits per heavy atom. The highest BCUT2D eigenvalue weighted by molar-refractivity contribution is 14.0. The van der Waals surface area contributed by atoms with Gasteiger partial charge in [-0.3, -0.25) is 0 Å². The molecule has 2 aromatic rings. The first-order valence-electron chi connectivity index (χ1n) is 9.08. The zero-order valence-electron chi connectivity index (χ0n) is 16.5. The molecule has 7 heteroatoms. The Morgan fingerprint density at radius 3 is 2.52 bits per heavy atom. The number of benzene rings is 1. The van der Waals surface area contributed by atoms with Gasteiger partial charge in [0.05, 0.1) is 12.3 Å². The van der Waals surface area contributed by atoms with E-state index in [1.165, 1.54) is 0 Å². The van der Waals surface area contributed by atoms with Crippen LogP contribution in [-0.2, 0) is 18.4 Å². The first-order chi connectivity index (χ1) is 12.4. The molecular formula is C20H31IN4O2. The minimum atomic E-state index is -0.490. The van der Waals surface area contributed by atoms with Crippen LogP contribution in [0, 0.1) is 0 Å². The number of nitrogens with one attached hydrogen (secondary N) is 2. The number of hydrogen-bond donors (Lipinski definition) is 3. The Hall–Kier alpha value is -1.61. The van der Waals surface area contributed by atoms with Gasteiger partial charge in [-0.25, -0.2) is 9.98 Å². The fraction of sp³-hybridized carbons (Fsp3) is 0.500. The summed E-state index contributed by atoms with van der Waals surface area (Å²) in [5.41, 5.74) is 1.04. The predicted octanol–water partition coefficient (Wildman–Crippen LogP) is 3.25. The summed E-state index contributed by atoms with van der Waals surface area (Å²) in [5, 5.41) is 16.6. The van der Waals surface area contributed by atoms with Gasteiger partial charge in [0, 0.05) is 24.9 Å². The van der Waals surface area contributed by atoms with Crippen LogP contribution in [0.2, 0.25) is 0 Å². The number of guanidine groups is 1. The normalized spacial score (nSPS) is 13.0. The number of halogens is 1. The molecule has 1 unspecified atom stereocenters. The van der Waals surface area contributed by atoms with Crippen molar-refractivity contribution in [3.05, 3.63) is 53.7 Å². The molecular weight excluding hydrogens is 455 g/mol. The summed E-state index contributed by atoms with van der Waals surface area (Å²) in [6, 6.07) is 9.94. The number of oxazole rings is 1. The van der Waals surface area contributed by atoms with Crippen molar-refractivity contribution < 1.29 is 9.52 Å². The molecule has 0 amide bonds. The Bertz CT molecular complexity index is 696. The Labute approximate surface area is 178 Å². The highest BCUT2D eigenvalue weighted by Crippen LogP contribution is 2.22. The summed E-state index contributed by atoms with van der Waals surface area (Å²) in [6.07, 6.45) is 1.87. The van der Waals surface area contributed by atoms with Crippen molar-refractivity contribution in [2.75, 3.05) is 13.1 Å². The highest BCUT2D eigenvalue weighted by Gasteiger charge is 2.19. The summed E-state index contributed by atoms with van der Waals surface area (Å²) >= 11 is 0. The number of nitrogens with zero attached hydrogens (tertiary/aromatic N) is 2. The van der Waals surface area contributed by atoms with E-state index in [0.717, 1.165) is 17.9 Å². The fourth-order valence-corrected chi connectivity index (χ4v) is 2.39. The van der Waals surface area contributed by atoms with Crippen LogP contribution < -0.4 is 10.6 Å². The molecule has 3 N–H and O–H groups in total. The van der Waals surface area contributed by atoms with Crippen LogP contribution in [-0.4, -0.2) is 35.2 Å². The largest absolute Gasteiger partial charge is 0.443 e. The lowest BCUT2D eigenvalue weighted by Gasteiger charge is -2.15. The van der Waals surface area contributed by atoms with Crippen LogP contribution in [0.1, 0.15) is 44.9 Å². The quantitative estimate of drug-likeness (QED) is 0.318. The molecule has 150 valence electrons. The lowest BCUT2D eigenvalue weighted by molar-refractivity contribution is 0.177. The minimum Gasteiger partial charge on any atom is -0.443 e. The number of aromatic nitrogens is 1. The number of rotatable bonds is 7. The SMILES string of the molecule is CCNC(=NCc1ncc(C(C)(C)C)o1)NCC(O)Cc1ccccc1.I. The standard InChI is InChI=1S/C20H30N4O2.HI/c1-5-21-19(23-12-16(25)11-15-9-7-6-8-10-15)24-14-18-22-13-17(26-18)20(2,3)4;/h6-10,13,16,25H,5,11-12,14H2,1-4H3,(H2,21,23,24);1H. The summed E-state index contributed by atoms with van der Waals surface area (Å²) in [5.74, 6) is 2.06. The molecule has 0 bridgehead atoms. The Morgan fingerprint density at radius 1 is 1.22 bits per heavy atom. The van der Waals surface area contributed by atoms with E-state index in [1.54, 1.807) is 6.20 Å². The minimum absolute atomic E-state index is 0. The lowest BCUT2D eigenvalue weighted by Crippen LogP contribution is -2.41. The molecule has 0 saturated heterocycles. The third kappa shape index (κ3) is 8.30. The van der Waals surface area contributed by atoms with Crippen molar-refractivity contribution in [2.45, 2.75) is 52.2 Å². The highest BCUT2D eigenvalue weighted by atomic mass is 127. The molecule has 0 aliphatic carbocycles. The molecule has 0 aliphatic heterocycles. The number of aliphatic hydroxyl groups is 1. The number of aliphatic hydroxyl groups excluding tert-OH is 1. The zero-order valence-corrected chi connectivity index (χ0v) is 18.9. The maximum absolute atomic E-state index is 10.2. The van der Waals surface area contributed by atoms with Gasteiger partial charge in [-0.15, -0.1) is 24.0 Å². The van der Waals surface area contributed by atoms with Crippen LogP contribution in [0.4, 0.5) is 0 Å². The second-order valence-electron chi connectivity index (χ2n) is 7.29. The van der Waals surface area contributed by atoms with Gasteiger partial charge >= 0.3 is 0 Å². The third-order valence-electron chi connectivity index (χ3n) is 3.83. The first-order valence-corrected chi connectivity index (χ1v) is 9.08. The fourth-order valence-electron chi connectivity index (χ4n) is 2.39. The summed E-state index contributed by atoms with van der Waals surface area (Å²) in [7, 11) is 0. The van der Waals surface area contributed by atoms with Crippen molar-refractivity contribution in [3.63, 3.8) is 0 Å². The maximum atomic E-state index is 10.2. The smallest absolute Gasteiger partial charge is 0.216 e. The van der Waals surface area contributed by atoms with E-state index in [2.05, 4.69) is 41.4 Å². The molecule has 0 fully saturated rings. The monoisotopic (exact) mass is 486 g/mol. The number of hydrogen-bond acceptors (Lipinski definition) is 4. The van der Waals surface area contributed by atoms with Crippen molar-refractivity contribution in [1.82, 2.24) is 15.6 Å². The summed E-state index contributed by atoms with van der Waals surface area (Å²) in [6.45, 7) is 9.75.